The van der Waals surface area contributed by atoms with Crippen molar-refractivity contribution in [3.63, 3.8) is 0 Å². The summed E-state index contributed by atoms with van der Waals surface area (Å²) >= 11 is 5.12. The highest BCUT2D eigenvalue weighted by atomic mass is 32.1. The van der Waals surface area contributed by atoms with Crippen molar-refractivity contribution < 1.29 is 13.9 Å². The normalized spacial score (nSPS) is 10.6. The van der Waals surface area contributed by atoms with Crippen LogP contribution in [0.2, 0.25) is 0 Å². The van der Waals surface area contributed by atoms with Gasteiger partial charge in [0.1, 0.15) is 11.6 Å². The van der Waals surface area contributed by atoms with Crippen molar-refractivity contribution in [2.75, 3.05) is 5.32 Å². The highest BCUT2D eigenvalue weighted by molar-refractivity contribution is 7.80. The van der Waals surface area contributed by atoms with Crippen LogP contribution in [0.5, 0.6) is 5.75 Å². The number of carbonyl (C=O) groups excluding carboxylic acids is 1. The first-order valence-corrected chi connectivity index (χ1v) is 9.15. The Balaban J connectivity index is 1.50. The molecule has 0 amide bonds. The fourth-order valence-electron chi connectivity index (χ4n) is 2.34. The Morgan fingerprint density at radius 3 is 2.31 bits per heavy atom. The van der Waals surface area contributed by atoms with Gasteiger partial charge >= 0.3 is 5.97 Å². The standard InChI is InChI=1S/C22H18FN3O2S/c1-15-2-6-17(7-3-15)21(27)28-20-12-4-16(5-13-20)14-24-26-22(29)25-19-10-8-18(23)9-11-19/h2-14H,1H3,(H2,25,26,29)/b24-14-. The highest BCUT2D eigenvalue weighted by Crippen LogP contribution is 2.14. The third-order valence-electron chi connectivity index (χ3n) is 3.86. The molecule has 0 spiro atoms. The second-order valence-corrected chi connectivity index (χ2v) is 6.56. The molecule has 0 atom stereocenters. The van der Waals surface area contributed by atoms with E-state index >= 15 is 0 Å². The Kier molecular flexibility index (Phi) is 6.65. The second-order valence-electron chi connectivity index (χ2n) is 6.16. The minimum atomic E-state index is -0.412. The van der Waals surface area contributed by atoms with Gasteiger partial charge in [0.2, 0.25) is 0 Å². The number of rotatable bonds is 5. The maximum absolute atomic E-state index is 12.9. The third-order valence-corrected chi connectivity index (χ3v) is 4.05. The third kappa shape index (κ3) is 6.22. The van der Waals surface area contributed by atoms with E-state index in [9.17, 15) is 9.18 Å². The molecule has 0 saturated heterocycles. The van der Waals surface area contributed by atoms with E-state index in [2.05, 4.69) is 15.8 Å². The number of hydrazone groups is 1. The van der Waals surface area contributed by atoms with Crippen LogP contribution < -0.4 is 15.5 Å². The van der Waals surface area contributed by atoms with Gasteiger partial charge in [-0.15, -0.1) is 0 Å². The molecule has 2 N–H and O–H groups in total. The molecule has 3 aromatic carbocycles. The Hall–Kier alpha value is -3.58. The van der Waals surface area contributed by atoms with Crippen LogP contribution in [0, 0.1) is 12.7 Å². The topological polar surface area (TPSA) is 62.7 Å². The van der Waals surface area contributed by atoms with Crippen molar-refractivity contribution in [1.29, 1.82) is 0 Å². The summed E-state index contributed by atoms with van der Waals surface area (Å²) in [6.45, 7) is 1.95. The summed E-state index contributed by atoms with van der Waals surface area (Å²) in [4.78, 5) is 12.1. The predicted molar refractivity (Wildman–Crippen MR) is 116 cm³/mol. The first-order valence-electron chi connectivity index (χ1n) is 8.74. The molecule has 0 aromatic heterocycles. The van der Waals surface area contributed by atoms with E-state index in [1.807, 2.05) is 19.1 Å². The quantitative estimate of drug-likeness (QED) is 0.212. The van der Waals surface area contributed by atoms with Gasteiger partial charge in [-0.2, -0.15) is 5.10 Å². The van der Waals surface area contributed by atoms with Crippen molar-refractivity contribution in [3.05, 3.63) is 95.3 Å². The molecule has 0 unspecified atom stereocenters. The molecule has 0 saturated carbocycles. The van der Waals surface area contributed by atoms with Gasteiger partial charge in [-0.05, 0) is 85.4 Å². The Morgan fingerprint density at radius 2 is 1.66 bits per heavy atom. The smallest absolute Gasteiger partial charge is 0.343 e. The van der Waals surface area contributed by atoms with Crippen molar-refractivity contribution in [2.24, 2.45) is 5.10 Å². The molecule has 5 nitrogen and oxygen atoms in total. The van der Waals surface area contributed by atoms with Gasteiger partial charge in [0.15, 0.2) is 5.11 Å². The zero-order chi connectivity index (χ0) is 20.6. The molecule has 29 heavy (non-hydrogen) atoms. The molecule has 0 radical (unpaired) electrons. The summed E-state index contributed by atoms with van der Waals surface area (Å²) in [5, 5.41) is 7.20. The molecule has 7 heteroatoms. The zero-order valence-corrected chi connectivity index (χ0v) is 16.4. The molecule has 0 aliphatic carbocycles. The first kappa shape index (κ1) is 20.2. The van der Waals surface area contributed by atoms with Crippen LogP contribution >= 0.6 is 12.2 Å². The number of thiocarbonyl (C=S) groups is 1. The minimum Gasteiger partial charge on any atom is -0.423 e. The number of benzene rings is 3. The maximum atomic E-state index is 12.9. The molecule has 3 rings (SSSR count). The number of nitrogens with zero attached hydrogens (tertiary/aromatic N) is 1. The van der Waals surface area contributed by atoms with E-state index in [0.29, 0.717) is 17.0 Å². The summed E-state index contributed by atoms with van der Waals surface area (Å²) in [6, 6.07) is 19.9. The Bertz CT molecular complexity index is 1020. The van der Waals surface area contributed by atoms with E-state index in [1.54, 1.807) is 54.7 Å². The fourth-order valence-corrected chi connectivity index (χ4v) is 2.51. The first-order chi connectivity index (χ1) is 14.0. The van der Waals surface area contributed by atoms with Gasteiger partial charge in [0, 0.05) is 5.69 Å². The summed E-state index contributed by atoms with van der Waals surface area (Å²) in [5.41, 5.74) is 5.69. The molecule has 0 aliphatic rings. The van der Waals surface area contributed by atoms with E-state index in [4.69, 9.17) is 17.0 Å². The van der Waals surface area contributed by atoms with Gasteiger partial charge in [-0.25, -0.2) is 9.18 Å². The maximum Gasteiger partial charge on any atom is 0.343 e. The summed E-state index contributed by atoms with van der Waals surface area (Å²) in [5.74, 6) is -0.292. The molecule has 0 heterocycles. The van der Waals surface area contributed by atoms with Crippen molar-refractivity contribution in [2.45, 2.75) is 6.92 Å². The number of aryl methyl sites for hydroxylation is 1. The van der Waals surface area contributed by atoms with Crippen molar-refractivity contribution in [1.82, 2.24) is 5.43 Å². The zero-order valence-electron chi connectivity index (χ0n) is 15.6. The van der Waals surface area contributed by atoms with Crippen molar-refractivity contribution in [3.8, 4) is 5.75 Å². The summed E-state index contributed by atoms with van der Waals surface area (Å²) < 4.78 is 18.2. The monoisotopic (exact) mass is 407 g/mol. The van der Waals surface area contributed by atoms with Gasteiger partial charge in [-0.3, -0.25) is 5.43 Å². The molecular weight excluding hydrogens is 389 g/mol. The molecule has 0 bridgehead atoms. The molecule has 3 aromatic rings. The summed E-state index contributed by atoms with van der Waals surface area (Å²) in [7, 11) is 0. The number of anilines is 1. The van der Waals surface area contributed by atoms with Crippen LogP contribution in [-0.2, 0) is 0 Å². The number of hydrogen-bond acceptors (Lipinski definition) is 4. The number of esters is 1. The molecule has 146 valence electrons. The number of ether oxygens (including phenoxy) is 1. The average molecular weight is 407 g/mol. The van der Waals surface area contributed by atoms with Crippen LogP contribution in [0.15, 0.2) is 77.9 Å². The lowest BCUT2D eigenvalue weighted by molar-refractivity contribution is 0.0735. The predicted octanol–water partition coefficient (Wildman–Crippen LogP) is 4.67. The molecule has 0 fully saturated rings. The minimum absolute atomic E-state index is 0.275. The highest BCUT2D eigenvalue weighted by Gasteiger charge is 2.07. The number of hydrogen-bond donors (Lipinski definition) is 2. The van der Waals surface area contributed by atoms with Gasteiger partial charge in [0.25, 0.3) is 0 Å². The number of nitrogens with one attached hydrogen (secondary N) is 2. The van der Waals surface area contributed by atoms with Crippen molar-refractivity contribution >= 4 is 35.2 Å². The van der Waals surface area contributed by atoms with Gasteiger partial charge < -0.3 is 10.1 Å². The van der Waals surface area contributed by atoms with Crippen LogP contribution in [-0.4, -0.2) is 17.3 Å². The van der Waals surface area contributed by atoms with E-state index in [1.165, 1.54) is 12.1 Å². The van der Waals surface area contributed by atoms with E-state index in [0.717, 1.165) is 11.1 Å². The number of halogens is 1. The van der Waals surface area contributed by atoms with Crippen LogP contribution in [0.3, 0.4) is 0 Å². The largest absolute Gasteiger partial charge is 0.423 e. The average Bonchev–Trinajstić information content (AvgIpc) is 2.71. The summed E-state index contributed by atoms with van der Waals surface area (Å²) in [6.07, 6.45) is 1.57. The lowest BCUT2D eigenvalue weighted by atomic mass is 10.1. The Morgan fingerprint density at radius 1 is 1.00 bits per heavy atom. The molecular formula is C22H18FN3O2S. The van der Waals surface area contributed by atoms with E-state index < -0.39 is 5.97 Å². The second kappa shape index (κ2) is 9.57. The fraction of sp³-hybridized carbons (Fsp3) is 0.0455. The van der Waals surface area contributed by atoms with Crippen LogP contribution in [0.4, 0.5) is 10.1 Å². The molecule has 0 aliphatic heterocycles. The van der Waals surface area contributed by atoms with E-state index in [-0.39, 0.29) is 10.9 Å². The van der Waals surface area contributed by atoms with Crippen LogP contribution in [0.1, 0.15) is 21.5 Å². The number of carbonyl (C=O) groups is 1. The van der Waals surface area contributed by atoms with Gasteiger partial charge in [-0.1, -0.05) is 17.7 Å². The van der Waals surface area contributed by atoms with Crippen LogP contribution in [0.25, 0.3) is 0 Å². The van der Waals surface area contributed by atoms with Gasteiger partial charge in [0.05, 0.1) is 11.8 Å². The lowest BCUT2D eigenvalue weighted by Crippen LogP contribution is -2.23. The Labute approximate surface area is 173 Å². The SMILES string of the molecule is Cc1ccc(C(=O)Oc2ccc(/C=N\NC(=S)Nc3ccc(F)cc3)cc2)cc1. The lowest BCUT2D eigenvalue weighted by Gasteiger charge is -2.07.